The third kappa shape index (κ3) is 4.89. The smallest absolute Gasteiger partial charge is 0.204 e. The Morgan fingerprint density at radius 2 is 1.77 bits per heavy atom. The van der Waals surface area contributed by atoms with Gasteiger partial charge in [-0.1, -0.05) is 20.3 Å². The number of aromatic nitrogens is 4. The van der Waals surface area contributed by atoms with E-state index in [1.807, 2.05) is 23.5 Å². The van der Waals surface area contributed by atoms with Gasteiger partial charge in [-0.3, -0.25) is 9.20 Å². The summed E-state index contributed by atoms with van der Waals surface area (Å²) in [7, 11) is 3.22. The minimum Gasteiger partial charge on any atom is -0.493 e. The second-order valence-corrected chi connectivity index (χ2v) is 7.78. The highest BCUT2D eigenvalue weighted by Gasteiger charge is 2.16. The minimum absolute atomic E-state index is 0.222. The first-order valence-electron chi connectivity index (χ1n) is 11.1. The van der Waals surface area contributed by atoms with Crippen molar-refractivity contribution in [3.05, 3.63) is 18.0 Å². The van der Waals surface area contributed by atoms with Gasteiger partial charge in [-0.2, -0.15) is 0 Å². The van der Waals surface area contributed by atoms with Gasteiger partial charge in [0.2, 0.25) is 5.65 Å². The van der Waals surface area contributed by atoms with Crippen LogP contribution in [0.2, 0.25) is 0 Å². The van der Waals surface area contributed by atoms with Crippen LogP contribution in [0.5, 0.6) is 11.5 Å². The maximum Gasteiger partial charge on any atom is 0.204 e. The van der Waals surface area contributed by atoms with Crippen molar-refractivity contribution in [1.82, 2.24) is 19.6 Å². The molecule has 2 aromatic heterocycles. The fourth-order valence-corrected chi connectivity index (χ4v) is 3.98. The van der Waals surface area contributed by atoms with Gasteiger partial charge in [-0.15, -0.1) is 10.2 Å². The number of carbonyl (C=O) groups excluding carboxylic acids is 1. The van der Waals surface area contributed by atoms with Crippen molar-refractivity contribution in [2.24, 2.45) is 5.92 Å². The fourth-order valence-electron chi connectivity index (χ4n) is 3.98. The zero-order valence-corrected chi connectivity index (χ0v) is 19.2. The van der Waals surface area contributed by atoms with Gasteiger partial charge in [0.15, 0.2) is 17.3 Å². The van der Waals surface area contributed by atoms with Crippen molar-refractivity contribution < 1.29 is 14.3 Å². The molecule has 0 saturated heterocycles. The lowest BCUT2D eigenvalue weighted by Crippen LogP contribution is -2.12. The van der Waals surface area contributed by atoms with E-state index in [0.717, 1.165) is 55.5 Å². The summed E-state index contributed by atoms with van der Waals surface area (Å²) < 4.78 is 12.8. The maximum absolute atomic E-state index is 12.2. The number of nitrogens with zero attached hydrogens (tertiary/aromatic N) is 4. The third-order valence-corrected chi connectivity index (χ3v) is 5.82. The summed E-state index contributed by atoms with van der Waals surface area (Å²) in [5.41, 5.74) is 2.31. The Labute approximate surface area is 183 Å². The molecule has 3 rings (SSSR count). The summed E-state index contributed by atoms with van der Waals surface area (Å²) in [6, 6.07) is 3.76. The molecule has 168 valence electrons. The molecule has 8 nitrogen and oxygen atoms in total. The summed E-state index contributed by atoms with van der Waals surface area (Å²) in [4.78, 5) is 16.9. The number of fused-ring (bicyclic) bond motifs is 3. The monoisotopic (exact) mass is 427 g/mol. The molecule has 0 aliphatic carbocycles. The molecule has 0 atom stereocenters. The number of carbonyl (C=O) groups is 1. The van der Waals surface area contributed by atoms with Gasteiger partial charge in [0.05, 0.1) is 25.3 Å². The minimum atomic E-state index is 0.222. The number of methoxy groups -OCH3 is 2. The summed E-state index contributed by atoms with van der Waals surface area (Å²) in [5.74, 6) is 3.35. The molecule has 0 spiro atoms. The summed E-state index contributed by atoms with van der Waals surface area (Å²) in [5, 5.41) is 12.0. The van der Waals surface area contributed by atoms with Crippen LogP contribution in [-0.4, -0.2) is 46.1 Å². The van der Waals surface area contributed by atoms with Gasteiger partial charge in [0.25, 0.3) is 0 Å². The SMILES string of the molecule is CCC(CC)C(=O)CCCCCNc1nc2cc(OC)c(OC)cc2n2c(C)nnc12. The Bertz CT molecular complexity index is 1040. The molecule has 0 bridgehead atoms. The first-order chi connectivity index (χ1) is 15.0. The number of unbranched alkanes of at least 4 members (excludes halogenated alkanes) is 2. The van der Waals surface area contributed by atoms with E-state index in [0.29, 0.717) is 35.2 Å². The molecule has 0 fully saturated rings. The van der Waals surface area contributed by atoms with Crippen molar-refractivity contribution >= 4 is 28.3 Å². The highest BCUT2D eigenvalue weighted by atomic mass is 16.5. The highest BCUT2D eigenvalue weighted by molar-refractivity contribution is 5.86. The Kier molecular flexibility index (Phi) is 7.65. The molecular formula is C23H33N5O3. The molecule has 31 heavy (non-hydrogen) atoms. The van der Waals surface area contributed by atoms with Crippen LogP contribution >= 0.6 is 0 Å². The van der Waals surface area contributed by atoms with Crippen LogP contribution in [0, 0.1) is 12.8 Å². The van der Waals surface area contributed by atoms with Crippen molar-refractivity contribution in [3.8, 4) is 11.5 Å². The number of aryl methyl sites for hydroxylation is 1. The van der Waals surface area contributed by atoms with E-state index >= 15 is 0 Å². The summed E-state index contributed by atoms with van der Waals surface area (Å²) in [6.45, 7) is 6.85. The predicted octanol–water partition coefficient (Wildman–Crippen LogP) is 4.58. The number of hydrogen-bond acceptors (Lipinski definition) is 7. The lowest BCUT2D eigenvalue weighted by molar-refractivity contribution is -0.123. The highest BCUT2D eigenvalue weighted by Crippen LogP contribution is 2.33. The first kappa shape index (κ1) is 22.8. The number of rotatable bonds is 12. The van der Waals surface area contributed by atoms with Crippen molar-refractivity contribution in [2.45, 2.75) is 59.3 Å². The number of anilines is 1. The van der Waals surface area contributed by atoms with Crippen LogP contribution in [0.1, 0.15) is 58.2 Å². The Balaban J connectivity index is 1.70. The molecule has 8 heteroatoms. The van der Waals surface area contributed by atoms with E-state index in [2.05, 4.69) is 29.4 Å². The summed E-state index contributed by atoms with van der Waals surface area (Å²) >= 11 is 0. The summed E-state index contributed by atoms with van der Waals surface area (Å²) in [6.07, 6.45) is 5.44. The lowest BCUT2D eigenvalue weighted by atomic mass is 9.94. The van der Waals surface area contributed by atoms with Crippen LogP contribution in [0.3, 0.4) is 0 Å². The molecule has 0 aliphatic heterocycles. The second-order valence-electron chi connectivity index (χ2n) is 7.78. The Morgan fingerprint density at radius 3 is 2.45 bits per heavy atom. The van der Waals surface area contributed by atoms with Crippen LogP contribution in [-0.2, 0) is 4.79 Å². The van der Waals surface area contributed by atoms with Crippen molar-refractivity contribution in [3.63, 3.8) is 0 Å². The Morgan fingerprint density at radius 1 is 1.06 bits per heavy atom. The molecule has 0 aliphatic rings. The molecule has 2 heterocycles. The van der Waals surface area contributed by atoms with Gasteiger partial charge in [0.1, 0.15) is 11.6 Å². The molecular weight excluding hydrogens is 394 g/mol. The molecule has 3 aromatic rings. The predicted molar refractivity (Wildman–Crippen MR) is 122 cm³/mol. The number of hydrogen-bond donors (Lipinski definition) is 1. The number of Topliss-reactive ketones (excluding diaryl/α,β-unsaturated/α-hetero) is 1. The fraction of sp³-hybridized carbons (Fsp3) is 0.565. The van der Waals surface area contributed by atoms with E-state index in [9.17, 15) is 4.79 Å². The number of benzene rings is 1. The quantitative estimate of drug-likeness (QED) is 0.423. The first-order valence-corrected chi connectivity index (χ1v) is 11.1. The van der Waals surface area contributed by atoms with Crippen molar-refractivity contribution in [1.29, 1.82) is 0 Å². The van der Waals surface area contributed by atoms with Gasteiger partial charge >= 0.3 is 0 Å². The normalized spacial score (nSPS) is 11.4. The number of ketones is 1. The molecule has 0 radical (unpaired) electrons. The maximum atomic E-state index is 12.2. The van der Waals surface area contributed by atoms with Gasteiger partial charge in [0, 0.05) is 31.0 Å². The van der Waals surface area contributed by atoms with E-state index < -0.39 is 0 Å². The standard InChI is InChI=1S/C23H33N5O3/c1-6-16(7-2)19(29)11-9-8-10-12-24-22-23-27-26-15(3)28(23)18-14-21(31-5)20(30-4)13-17(18)25-22/h13-14,16H,6-12H2,1-5H3,(H,24,25). The van der Waals surface area contributed by atoms with Crippen LogP contribution in [0.25, 0.3) is 16.7 Å². The van der Waals surface area contributed by atoms with Gasteiger partial charge in [-0.05, 0) is 32.6 Å². The molecule has 0 unspecified atom stereocenters. The second kappa shape index (κ2) is 10.4. The third-order valence-electron chi connectivity index (χ3n) is 5.82. The van der Waals surface area contributed by atoms with E-state index in [4.69, 9.17) is 14.5 Å². The van der Waals surface area contributed by atoms with E-state index in [-0.39, 0.29) is 5.92 Å². The zero-order valence-electron chi connectivity index (χ0n) is 19.2. The lowest BCUT2D eigenvalue weighted by Gasteiger charge is -2.13. The molecule has 0 saturated carbocycles. The van der Waals surface area contributed by atoms with E-state index in [1.165, 1.54) is 0 Å². The largest absolute Gasteiger partial charge is 0.493 e. The van der Waals surface area contributed by atoms with Crippen LogP contribution in [0.4, 0.5) is 5.82 Å². The number of ether oxygens (including phenoxy) is 2. The molecule has 1 aromatic carbocycles. The van der Waals surface area contributed by atoms with Gasteiger partial charge < -0.3 is 14.8 Å². The average Bonchev–Trinajstić information content (AvgIpc) is 3.17. The number of nitrogens with one attached hydrogen (secondary N) is 1. The van der Waals surface area contributed by atoms with Gasteiger partial charge in [-0.25, -0.2) is 4.98 Å². The van der Waals surface area contributed by atoms with Crippen LogP contribution < -0.4 is 14.8 Å². The van der Waals surface area contributed by atoms with Crippen LogP contribution in [0.15, 0.2) is 12.1 Å². The average molecular weight is 428 g/mol. The zero-order chi connectivity index (χ0) is 22.4. The Hall–Kier alpha value is -2.90. The molecule has 1 N–H and O–H groups in total. The molecule has 0 amide bonds. The van der Waals surface area contributed by atoms with E-state index in [1.54, 1.807) is 14.2 Å². The van der Waals surface area contributed by atoms with Crippen molar-refractivity contribution in [2.75, 3.05) is 26.1 Å². The topological polar surface area (TPSA) is 90.6 Å².